The van der Waals surface area contributed by atoms with Gasteiger partial charge in [-0.3, -0.25) is 4.90 Å². The molecule has 2 aliphatic rings. The molecule has 8 heteroatoms. The van der Waals surface area contributed by atoms with Gasteiger partial charge < -0.3 is 14.5 Å². The Balaban J connectivity index is 1.35. The van der Waals surface area contributed by atoms with Crippen LogP contribution < -0.4 is 9.80 Å². The smallest absolute Gasteiger partial charge is 0.227 e. The Morgan fingerprint density at radius 1 is 1.04 bits per heavy atom. The van der Waals surface area contributed by atoms with Crippen LogP contribution in [-0.4, -0.2) is 72.3 Å². The number of aromatic nitrogens is 3. The summed E-state index contributed by atoms with van der Waals surface area (Å²) in [5.41, 5.74) is 1.18. The SMILES string of the molecule is Cc1nc(CN2CCN(c3nccc(N4CCOCC4)n3)CC2)cs1. The second kappa shape index (κ2) is 7.63. The van der Waals surface area contributed by atoms with Crippen molar-refractivity contribution in [2.24, 2.45) is 0 Å². The van der Waals surface area contributed by atoms with E-state index in [0.717, 1.165) is 75.8 Å². The quantitative estimate of drug-likeness (QED) is 0.817. The number of nitrogens with zero attached hydrogens (tertiary/aromatic N) is 6. The number of hydrogen-bond donors (Lipinski definition) is 0. The van der Waals surface area contributed by atoms with Crippen molar-refractivity contribution in [3.05, 3.63) is 28.3 Å². The fourth-order valence-electron chi connectivity index (χ4n) is 3.28. The summed E-state index contributed by atoms with van der Waals surface area (Å²) in [5.74, 6) is 1.85. The van der Waals surface area contributed by atoms with E-state index in [9.17, 15) is 0 Å². The first-order chi connectivity index (χ1) is 12.3. The number of anilines is 2. The first-order valence-corrected chi connectivity index (χ1v) is 9.70. The summed E-state index contributed by atoms with van der Waals surface area (Å²) in [6.07, 6.45) is 1.87. The molecule has 2 aromatic heterocycles. The molecule has 2 fully saturated rings. The summed E-state index contributed by atoms with van der Waals surface area (Å²) in [7, 11) is 0. The molecule has 2 aliphatic heterocycles. The van der Waals surface area contributed by atoms with Gasteiger partial charge in [0.15, 0.2) is 0 Å². The summed E-state index contributed by atoms with van der Waals surface area (Å²) in [6, 6.07) is 2.00. The highest BCUT2D eigenvalue weighted by Gasteiger charge is 2.21. The van der Waals surface area contributed by atoms with Crippen molar-refractivity contribution in [2.75, 3.05) is 62.3 Å². The van der Waals surface area contributed by atoms with Crippen LogP contribution >= 0.6 is 11.3 Å². The third kappa shape index (κ3) is 4.08. The van der Waals surface area contributed by atoms with E-state index < -0.39 is 0 Å². The summed E-state index contributed by atoms with van der Waals surface area (Å²) in [6.45, 7) is 10.3. The Morgan fingerprint density at radius 2 is 1.84 bits per heavy atom. The maximum atomic E-state index is 5.42. The molecule has 25 heavy (non-hydrogen) atoms. The molecule has 0 amide bonds. The van der Waals surface area contributed by atoms with Crippen LogP contribution in [0, 0.1) is 6.92 Å². The Kier molecular flexibility index (Phi) is 5.09. The van der Waals surface area contributed by atoms with Gasteiger partial charge in [-0.1, -0.05) is 0 Å². The monoisotopic (exact) mass is 360 g/mol. The van der Waals surface area contributed by atoms with Crippen LogP contribution in [0.3, 0.4) is 0 Å². The number of aryl methyl sites for hydroxylation is 1. The Bertz CT molecular complexity index is 694. The molecule has 0 unspecified atom stereocenters. The van der Waals surface area contributed by atoms with Crippen molar-refractivity contribution < 1.29 is 4.74 Å². The summed E-state index contributed by atoms with van der Waals surface area (Å²) in [4.78, 5) is 20.9. The number of hydrogen-bond acceptors (Lipinski definition) is 8. The molecule has 0 N–H and O–H groups in total. The molecule has 7 nitrogen and oxygen atoms in total. The van der Waals surface area contributed by atoms with Crippen LogP contribution in [0.15, 0.2) is 17.6 Å². The number of morpholine rings is 1. The highest BCUT2D eigenvalue weighted by Crippen LogP contribution is 2.18. The largest absolute Gasteiger partial charge is 0.378 e. The molecule has 134 valence electrons. The maximum absolute atomic E-state index is 5.42. The minimum absolute atomic E-state index is 0.772. The lowest BCUT2D eigenvalue weighted by molar-refractivity contribution is 0.122. The van der Waals surface area contributed by atoms with E-state index in [1.807, 2.05) is 12.3 Å². The number of rotatable bonds is 4. The van der Waals surface area contributed by atoms with E-state index in [-0.39, 0.29) is 0 Å². The Hall–Kier alpha value is -1.77. The molecule has 2 saturated heterocycles. The minimum atomic E-state index is 0.772. The average Bonchev–Trinajstić information content (AvgIpc) is 3.08. The zero-order valence-electron chi connectivity index (χ0n) is 14.6. The van der Waals surface area contributed by atoms with Crippen LogP contribution in [0.4, 0.5) is 11.8 Å². The van der Waals surface area contributed by atoms with E-state index >= 15 is 0 Å². The number of ether oxygens (including phenoxy) is 1. The van der Waals surface area contributed by atoms with Crippen molar-refractivity contribution in [2.45, 2.75) is 13.5 Å². The molecule has 0 bridgehead atoms. The molecule has 0 aromatic carbocycles. The zero-order valence-corrected chi connectivity index (χ0v) is 15.4. The summed E-state index contributed by atoms with van der Waals surface area (Å²) < 4.78 is 5.42. The van der Waals surface area contributed by atoms with Crippen LogP contribution in [0.25, 0.3) is 0 Å². The zero-order chi connectivity index (χ0) is 17.1. The number of piperazine rings is 1. The molecule has 4 heterocycles. The van der Waals surface area contributed by atoms with E-state index in [1.54, 1.807) is 11.3 Å². The van der Waals surface area contributed by atoms with Crippen LogP contribution in [0.2, 0.25) is 0 Å². The normalized spacial score (nSPS) is 19.4. The fourth-order valence-corrected chi connectivity index (χ4v) is 3.88. The topological polar surface area (TPSA) is 57.6 Å². The molecule has 0 aliphatic carbocycles. The summed E-state index contributed by atoms with van der Waals surface area (Å²) in [5, 5.41) is 3.30. The van der Waals surface area contributed by atoms with Gasteiger partial charge in [0.1, 0.15) is 5.82 Å². The predicted octanol–water partition coefficient (Wildman–Crippen LogP) is 1.40. The van der Waals surface area contributed by atoms with Gasteiger partial charge in [0.25, 0.3) is 0 Å². The van der Waals surface area contributed by atoms with E-state index in [1.165, 1.54) is 5.69 Å². The van der Waals surface area contributed by atoms with Gasteiger partial charge in [-0.2, -0.15) is 4.98 Å². The van der Waals surface area contributed by atoms with E-state index in [0.29, 0.717) is 0 Å². The number of thiazole rings is 1. The standard InChI is InChI=1S/C17H24N6OS/c1-14-19-15(13-25-14)12-21-4-6-23(7-5-21)17-18-3-2-16(20-17)22-8-10-24-11-9-22/h2-3,13H,4-12H2,1H3. The Morgan fingerprint density at radius 3 is 2.56 bits per heavy atom. The van der Waals surface area contributed by atoms with Crippen LogP contribution in [-0.2, 0) is 11.3 Å². The van der Waals surface area contributed by atoms with Crippen molar-refractivity contribution in [3.8, 4) is 0 Å². The second-order valence-corrected chi connectivity index (χ2v) is 7.50. The van der Waals surface area contributed by atoms with Gasteiger partial charge in [-0.05, 0) is 13.0 Å². The van der Waals surface area contributed by atoms with Crippen molar-refractivity contribution in [1.82, 2.24) is 19.9 Å². The lowest BCUT2D eigenvalue weighted by atomic mass is 10.3. The first kappa shape index (κ1) is 16.7. The lowest BCUT2D eigenvalue weighted by Crippen LogP contribution is -2.46. The molecule has 4 rings (SSSR count). The predicted molar refractivity (Wildman–Crippen MR) is 99.4 cm³/mol. The second-order valence-electron chi connectivity index (χ2n) is 6.44. The van der Waals surface area contributed by atoms with Gasteiger partial charge in [0, 0.05) is 57.4 Å². The molecular formula is C17H24N6OS. The first-order valence-electron chi connectivity index (χ1n) is 8.82. The minimum Gasteiger partial charge on any atom is -0.378 e. The molecule has 0 spiro atoms. The lowest BCUT2D eigenvalue weighted by Gasteiger charge is -2.35. The van der Waals surface area contributed by atoms with Crippen molar-refractivity contribution in [3.63, 3.8) is 0 Å². The fraction of sp³-hybridized carbons (Fsp3) is 0.588. The van der Waals surface area contributed by atoms with Crippen LogP contribution in [0.1, 0.15) is 10.7 Å². The van der Waals surface area contributed by atoms with E-state index in [4.69, 9.17) is 9.72 Å². The van der Waals surface area contributed by atoms with Gasteiger partial charge >= 0.3 is 0 Å². The summed E-state index contributed by atoms with van der Waals surface area (Å²) >= 11 is 1.72. The van der Waals surface area contributed by atoms with Gasteiger partial charge in [0.05, 0.1) is 23.9 Å². The van der Waals surface area contributed by atoms with Crippen molar-refractivity contribution in [1.29, 1.82) is 0 Å². The Labute approximate surface area is 152 Å². The molecule has 0 atom stereocenters. The molecule has 0 radical (unpaired) electrons. The average molecular weight is 360 g/mol. The molecular weight excluding hydrogens is 336 g/mol. The van der Waals surface area contributed by atoms with E-state index in [2.05, 4.69) is 37.0 Å². The third-order valence-electron chi connectivity index (χ3n) is 4.67. The van der Waals surface area contributed by atoms with Gasteiger partial charge in [-0.25, -0.2) is 9.97 Å². The third-order valence-corrected chi connectivity index (χ3v) is 5.49. The highest BCUT2D eigenvalue weighted by molar-refractivity contribution is 7.09. The van der Waals surface area contributed by atoms with Gasteiger partial charge in [0.2, 0.25) is 5.95 Å². The maximum Gasteiger partial charge on any atom is 0.227 e. The van der Waals surface area contributed by atoms with Gasteiger partial charge in [-0.15, -0.1) is 11.3 Å². The molecule has 0 saturated carbocycles. The van der Waals surface area contributed by atoms with Crippen molar-refractivity contribution >= 4 is 23.1 Å². The highest BCUT2D eigenvalue weighted by atomic mass is 32.1. The molecule has 2 aromatic rings. The van der Waals surface area contributed by atoms with Crippen LogP contribution in [0.5, 0.6) is 0 Å².